The predicted molar refractivity (Wildman–Crippen MR) is 149 cm³/mol. The van der Waals surface area contributed by atoms with E-state index in [2.05, 4.69) is 129 Å². The van der Waals surface area contributed by atoms with Crippen molar-refractivity contribution < 1.29 is 0 Å². The SMILES string of the molecule is Brc1ccc(-c2sc3ccccc3c2-c2c(-c3ccc(Br)cc3)sc3ccccc23)cc1. The minimum absolute atomic E-state index is 1.10. The van der Waals surface area contributed by atoms with Gasteiger partial charge in [-0.15, -0.1) is 22.7 Å². The van der Waals surface area contributed by atoms with Gasteiger partial charge >= 0.3 is 0 Å². The Morgan fingerprint density at radius 2 is 0.812 bits per heavy atom. The molecule has 0 radical (unpaired) electrons. The van der Waals surface area contributed by atoms with Gasteiger partial charge in [-0.3, -0.25) is 0 Å². The van der Waals surface area contributed by atoms with Crippen LogP contribution in [-0.4, -0.2) is 0 Å². The average molecular weight is 576 g/mol. The van der Waals surface area contributed by atoms with Crippen LogP contribution in [0.15, 0.2) is 106 Å². The van der Waals surface area contributed by atoms with Gasteiger partial charge in [0.05, 0.1) is 0 Å². The second-order valence-electron chi connectivity index (χ2n) is 7.62. The predicted octanol–water partition coefficient (Wildman–Crippen LogP) is 10.6. The van der Waals surface area contributed by atoms with E-state index in [9.17, 15) is 0 Å². The summed E-state index contributed by atoms with van der Waals surface area (Å²) in [6, 6.07) is 34.9. The molecule has 0 saturated carbocycles. The van der Waals surface area contributed by atoms with Crippen molar-refractivity contribution in [3.63, 3.8) is 0 Å². The summed E-state index contributed by atoms with van der Waals surface area (Å²) in [6.07, 6.45) is 0. The largest absolute Gasteiger partial charge is 0.135 e. The number of halogens is 2. The molecule has 0 N–H and O–H groups in total. The van der Waals surface area contributed by atoms with E-state index in [1.807, 2.05) is 22.7 Å². The first-order chi connectivity index (χ1) is 15.7. The number of rotatable bonds is 3. The molecule has 0 aliphatic carbocycles. The van der Waals surface area contributed by atoms with Gasteiger partial charge in [-0.25, -0.2) is 0 Å². The second kappa shape index (κ2) is 8.27. The fourth-order valence-corrected chi connectivity index (χ4v) is 7.15. The first-order valence-corrected chi connectivity index (χ1v) is 13.5. The monoisotopic (exact) mass is 574 g/mol. The Labute approximate surface area is 211 Å². The van der Waals surface area contributed by atoms with Crippen LogP contribution in [0, 0.1) is 0 Å². The maximum absolute atomic E-state index is 3.59. The highest BCUT2D eigenvalue weighted by atomic mass is 79.9. The molecule has 0 aliphatic rings. The Kier molecular flexibility index (Phi) is 5.27. The molecule has 154 valence electrons. The molecule has 32 heavy (non-hydrogen) atoms. The van der Waals surface area contributed by atoms with Crippen molar-refractivity contribution in [1.82, 2.24) is 0 Å². The molecule has 0 amide bonds. The quantitative estimate of drug-likeness (QED) is 0.197. The van der Waals surface area contributed by atoms with Gasteiger partial charge in [0.1, 0.15) is 0 Å². The molecule has 4 aromatic carbocycles. The Morgan fingerprint density at radius 3 is 1.22 bits per heavy atom. The molecule has 6 aromatic rings. The smallest absolute Gasteiger partial charge is 0.0434 e. The first-order valence-electron chi connectivity index (χ1n) is 10.2. The average Bonchev–Trinajstić information content (AvgIpc) is 3.38. The lowest BCUT2D eigenvalue weighted by molar-refractivity contribution is 1.63. The van der Waals surface area contributed by atoms with Crippen LogP contribution >= 0.6 is 54.5 Å². The van der Waals surface area contributed by atoms with E-state index in [-0.39, 0.29) is 0 Å². The molecule has 0 spiro atoms. The second-order valence-corrected chi connectivity index (χ2v) is 11.6. The number of fused-ring (bicyclic) bond motifs is 2. The van der Waals surface area contributed by atoms with Crippen molar-refractivity contribution in [2.45, 2.75) is 0 Å². The van der Waals surface area contributed by atoms with E-state index in [0.717, 1.165) is 8.95 Å². The third-order valence-corrected chi connectivity index (χ3v) is 9.15. The summed E-state index contributed by atoms with van der Waals surface area (Å²) >= 11 is 10.9. The molecule has 2 heterocycles. The van der Waals surface area contributed by atoms with E-state index < -0.39 is 0 Å². The van der Waals surface area contributed by atoms with Crippen molar-refractivity contribution >= 4 is 74.7 Å². The standard InChI is InChI=1S/C28H16Br2S2/c29-19-13-9-17(10-14-19)27-25(21-5-1-3-7-23(21)31-27)26-22-6-2-4-8-24(22)32-28(26)18-11-15-20(30)16-12-18/h1-16H. The molecular weight excluding hydrogens is 560 g/mol. The fraction of sp³-hybridized carbons (Fsp3) is 0. The summed E-state index contributed by atoms with van der Waals surface area (Å²) in [7, 11) is 0. The van der Waals surface area contributed by atoms with E-state index in [0.29, 0.717) is 0 Å². The van der Waals surface area contributed by atoms with Crippen molar-refractivity contribution in [2.75, 3.05) is 0 Å². The van der Waals surface area contributed by atoms with Crippen molar-refractivity contribution in [3.8, 4) is 32.0 Å². The zero-order valence-corrected chi connectivity index (χ0v) is 21.6. The van der Waals surface area contributed by atoms with E-state index in [4.69, 9.17) is 0 Å². The molecule has 0 nitrogen and oxygen atoms in total. The molecule has 0 saturated heterocycles. The van der Waals surface area contributed by atoms with Gasteiger partial charge in [-0.05, 0) is 47.5 Å². The van der Waals surface area contributed by atoms with Crippen molar-refractivity contribution in [1.29, 1.82) is 0 Å². The zero-order chi connectivity index (χ0) is 21.7. The van der Waals surface area contributed by atoms with Gasteiger partial charge in [-0.1, -0.05) is 92.5 Å². The maximum atomic E-state index is 3.59. The lowest BCUT2D eigenvalue weighted by atomic mass is 9.94. The summed E-state index contributed by atoms with van der Waals surface area (Å²) in [6.45, 7) is 0. The van der Waals surface area contributed by atoms with E-state index in [1.165, 1.54) is 52.2 Å². The highest BCUT2D eigenvalue weighted by Gasteiger charge is 2.23. The Morgan fingerprint density at radius 1 is 0.438 bits per heavy atom. The van der Waals surface area contributed by atoms with Crippen LogP contribution in [0.5, 0.6) is 0 Å². The zero-order valence-electron chi connectivity index (χ0n) is 16.8. The van der Waals surface area contributed by atoms with Gasteiger partial charge in [0.25, 0.3) is 0 Å². The third kappa shape index (κ3) is 3.46. The highest BCUT2D eigenvalue weighted by Crippen LogP contribution is 2.52. The van der Waals surface area contributed by atoms with Gasteiger partial charge in [0.15, 0.2) is 0 Å². The van der Waals surface area contributed by atoms with Crippen LogP contribution in [-0.2, 0) is 0 Å². The van der Waals surface area contributed by atoms with Crippen LogP contribution in [0.1, 0.15) is 0 Å². The van der Waals surface area contributed by atoms with E-state index in [1.54, 1.807) is 0 Å². The summed E-state index contributed by atoms with van der Waals surface area (Å²) in [5, 5.41) is 2.63. The minimum atomic E-state index is 1.10. The summed E-state index contributed by atoms with van der Waals surface area (Å²) < 4.78 is 4.83. The third-order valence-electron chi connectivity index (χ3n) is 5.65. The lowest BCUT2D eigenvalue weighted by Gasteiger charge is -2.09. The molecule has 0 bridgehead atoms. The van der Waals surface area contributed by atoms with Gasteiger partial charge in [0.2, 0.25) is 0 Å². The maximum Gasteiger partial charge on any atom is 0.0434 e. The first kappa shape index (κ1) is 20.4. The summed E-state index contributed by atoms with van der Waals surface area (Å²) in [5.41, 5.74) is 5.18. The van der Waals surface area contributed by atoms with Crippen LogP contribution in [0.25, 0.3) is 52.2 Å². The number of thiophene rings is 2. The Hall–Kier alpha value is -2.24. The molecule has 0 aliphatic heterocycles. The molecule has 0 fully saturated rings. The molecule has 6 rings (SSSR count). The van der Waals surface area contributed by atoms with Crippen LogP contribution in [0.3, 0.4) is 0 Å². The van der Waals surface area contributed by atoms with Gasteiger partial charge < -0.3 is 0 Å². The van der Waals surface area contributed by atoms with Crippen molar-refractivity contribution in [3.05, 3.63) is 106 Å². The fourth-order valence-electron chi connectivity index (χ4n) is 4.20. The molecule has 2 aromatic heterocycles. The molecule has 4 heteroatoms. The molecular formula is C28H16Br2S2. The highest BCUT2D eigenvalue weighted by molar-refractivity contribution is 9.10. The number of benzene rings is 4. The van der Waals surface area contributed by atoms with E-state index >= 15 is 0 Å². The topological polar surface area (TPSA) is 0 Å². The van der Waals surface area contributed by atoms with Gasteiger partial charge in [-0.2, -0.15) is 0 Å². The molecule has 0 unspecified atom stereocenters. The summed E-state index contributed by atoms with van der Waals surface area (Å²) in [4.78, 5) is 2.64. The Balaban J connectivity index is 1.74. The van der Waals surface area contributed by atoms with Gasteiger partial charge in [0, 0.05) is 50.0 Å². The number of hydrogen-bond donors (Lipinski definition) is 0. The van der Waals surface area contributed by atoms with Crippen molar-refractivity contribution in [2.24, 2.45) is 0 Å². The Bertz CT molecular complexity index is 1450. The molecule has 0 atom stereocenters. The van der Waals surface area contributed by atoms with Crippen LogP contribution < -0.4 is 0 Å². The normalized spacial score (nSPS) is 11.4. The summed E-state index contributed by atoms with van der Waals surface area (Å²) in [5.74, 6) is 0. The minimum Gasteiger partial charge on any atom is -0.135 e. The number of hydrogen-bond acceptors (Lipinski definition) is 2. The lowest BCUT2D eigenvalue weighted by Crippen LogP contribution is -1.83. The van der Waals surface area contributed by atoms with Crippen LogP contribution in [0.2, 0.25) is 0 Å². The van der Waals surface area contributed by atoms with Crippen LogP contribution in [0.4, 0.5) is 0 Å².